The van der Waals surface area contributed by atoms with Gasteiger partial charge in [0.05, 0.1) is 18.6 Å². The second-order valence-corrected chi connectivity index (χ2v) is 7.41. The van der Waals surface area contributed by atoms with Crippen LogP contribution in [0.4, 0.5) is 5.82 Å². The Bertz CT molecular complexity index is 859. The summed E-state index contributed by atoms with van der Waals surface area (Å²) in [6.07, 6.45) is 1.09. The van der Waals surface area contributed by atoms with Crippen LogP contribution < -0.4 is 5.32 Å². The van der Waals surface area contributed by atoms with Gasteiger partial charge in [-0.1, -0.05) is 30.3 Å². The van der Waals surface area contributed by atoms with Gasteiger partial charge in [0.25, 0.3) is 0 Å². The fourth-order valence-electron chi connectivity index (χ4n) is 3.34. The van der Waals surface area contributed by atoms with Crippen LogP contribution in [-0.4, -0.2) is 54.3 Å². The number of ether oxygens (including phenoxy) is 1. The Labute approximate surface area is 158 Å². The summed E-state index contributed by atoms with van der Waals surface area (Å²) >= 11 is 1.69. The van der Waals surface area contributed by atoms with E-state index in [-0.39, 0.29) is 0 Å². The van der Waals surface area contributed by atoms with Gasteiger partial charge in [0.1, 0.15) is 16.5 Å². The van der Waals surface area contributed by atoms with Crippen molar-refractivity contribution in [2.24, 2.45) is 0 Å². The maximum atomic E-state index is 5.41. The van der Waals surface area contributed by atoms with Crippen LogP contribution in [0.15, 0.2) is 35.7 Å². The van der Waals surface area contributed by atoms with Crippen LogP contribution in [0.1, 0.15) is 12.2 Å². The van der Waals surface area contributed by atoms with E-state index in [1.165, 1.54) is 11.1 Å². The molecule has 3 heterocycles. The molecule has 0 radical (unpaired) electrons. The lowest BCUT2D eigenvalue weighted by molar-refractivity contribution is 0.0378. The van der Waals surface area contributed by atoms with Crippen molar-refractivity contribution in [2.75, 3.05) is 44.7 Å². The van der Waals surface area contributed by atoms with Gasteiger partial charge in [-0.25, -0.2) is 9.97 Å². The number of nitrogens with zero attached hydrogens (tertiary/aromatic N) is 3. The standard InChI is InChI=1S/C20H24N4OS/c1-15-22-19(21-8-5-9-24-10-12-25-13-11-24)18-17(14-26-20(18)23-15)16-6-3-2-4-7-16/h2-4,6-7,14H,5,8-13H2,1H3,(H,21,22,23). The summed E-state index contributed by atoms with van der Waals surface area (Å²) in [5.74, 6) is 1.77. The van der Waals surface area contributed by atoms with E-state index in [0.717, 1.165) is 67.7 Å². The molecular weight excluding hydrogens is 344 g/mol. The number of hydrogen-bond donors (Lipinski definition) is 1. The van der Waals surface area contributed by atoms with E-state index in [1.807, 2.05) is 13.0 Å². The van der Waals surface area contributed by atoms with Crippen LogP contribution in [0.2, 0.25) is 0 Å². The van der Waals surface area contributed by atoms with Crippen molar-refractivity contribution in [3.05, 3.63) is 41.5 Å². The number of aryl methyl sites for hydroxylation is 1. The van der Waals surface area contributed by atoms with Gasteiger partial charge in [0, 0.05) is 30.6 Å². The molecule has 0 saturated carbocycles. The van der Waals surface area contributed by atoms with Crippen molar-refractivity contribution in [1.82, 2.24) is 14.9 Å². The number of anilines is 1. The maximum absolute atomic E-state index is 5.41. The third kappa shape index (κ3) is 3.87. The van der Waals surface area contributed by atoms with Crippen LogP contribution >= 0.6 is 11.3 Å². The molecule has 136 valence electrons. The lowest BCUT2D eigenvalue weighted by atomic mass is 10.1. The Hall–Kier alpha value is -2.02. The second kappa shape index (κ2) is 8.12. The first-order chi connectivity index (χ1) is 12.8. The van der Waals surface area contributed by atoms with E-state index in [1.54, 1.807) is 11.3 Å². The van der Waals surface area contributed by atoms with Gasteiger partial charge in [-0.15, -0.1) is 11.3 Å². The third-order valence-electron chi connectivity index (χ3n) is 4.68. The van der Waals surface area contributed by atoms with Crippen LogP contribution in [0.25, 0.3) is 21.3 Å². The molecule has 2 aromatic heterocycles. The van der Waals surface area contributed by atoms with Gasteiger partial charge in [0.2, 0.25) is 0 Å². The summed E-state index contributed by atoms with van der Waals surface area (Å²) in [5.41, 5.74) is 2.42. The minimum atomic E-state index is 0.814. The Morgan fingerprint density at radius 3 is 2.77 bits per heavy atom. The largest absolute Gasteiger partial charge is 0.379 e. The lowest BCUT2D eigenvalue weighted by Gasteiger charge is -2.26. The highest BCUT2D eigenvalue weighted by Crippen LogP contribution is 2.36. The normalized spacial score (nSPS) is 15.4. The number of hydrogen-bond acceptors (Lipinski definition) is 6. The van der Waals surface area contributed by atoms with E-state index in [2.05, 4.69) is 44.8 Å². The van der Waals surface area contributed by atoms with Crippen molar-refractivity contribution >= 4 is 27.4 Å². The van der Waals surface area contributed by atoms with Crippen LogP contribution in [0.5, 0.6) is 0 Å². The highest BCUT2D eigenvalue weighted by molar-refractivity contribution is 7.17. The SMILES string of the molecule is Cc1nc(NCCCN2CCOCC2)c2c(-c3ccccc3)csc2n1. The number of rotatable bonds is 6. The lowest BCUT2D eigenvalue weighted by Crippen LogP contribution is -2.37. The zero-order chi connectivity index (χ0) is 17.8. The van der Waals surface area contributed by atoms with E-state index in [0.29, 0.717) is 0 Å². The average molecular weight is 369 g/mol. The molecule has 1 saturated heterocycles. The van der Waals surface area contributed by atoms with Crippen molar-refractivity contribution in [1.29, 1.82) is 0 Å². The van der Waals surface area contributed by atoms with E-state index in [9.17, 15) is 0 Å². The Morgan fingerprint density at radius 1 is 1.15 bits per heavy atom. The van der Waals surface area contributed by atoms with Crippen molar-refractivity contribution in [3.63, 3.8) is 0 Å². The molecule has 4 rings (SSSR count). The van der Waals surface area contributed by atoms with Crippen molar-refractivity contribution in [2.45, 2.75) is 13.3 Å². The molecule has 0 bridgehead atoms. The summed E-state index contributed by atoms with van der Waals surface area (Å²) in [6.45, 7) is 7.76. The first-order valence-electron chi connectivity index (χ1n) is 9.16. The number of morpholine rings is 1. The monoisotopic (exact) mass is 368 g/mol. The molecular formula is C20H24N4OS. The molecule has 3 aromatic rings. The molecule has 0 unspecified atom stereocenters. The Kier molecular flexibility index (Phi) is 5.43. The molecule has 1 aliphatic heterocycles. The van der Waals surface area contributed by atoms with Crippen LogP contribution in [0, 0.1) is 6.92 Å². The number of fused-ring (bicyclic) bond motifs is 1. The minimum absolute atomic E-state index is 0.814. The van der Waals surface area contributed by atoms with E-state index < -0.39 is 0 Å². The molecule has 1 N–H and O–H groups in total. The van der Waals surface area contributed by atoms with Gasteiger partial charge in [-0.05, 0) is 25.5 Å². The molecule has 5 nitrogen and oxygen atoms in total. The molecule has 1 aliphatic rings. The van der Waals surface area contributed by atoms with Crippen molar-refractivity contribution < 1.29 is 4.74 Å². The van der Waals surface area contributed by atoms with E-state index in [4.69, 9.17) is 9.72 Å². The van der Waals surface area contributed by atoms with Gasteiger partial charge in [-0.2, -0.15) is 0 Å². The second-order valence-electron chi connectivity index (χ2n) is 6.55. The molecule has 1 aromatic carbocycles. The summed E-state index contributed by atoms with van der Waals surface area (Å²) in [6, 6.07) is 10.5. The van der Waals surface area contributed by atoms with Gasteiger partial charge >= 0.3 is 0 Å². The Balaban J connectivity index is 1.51. The zero-order valence-electron chi connectivity index (χ0n) is 15.1. The number of thiophene rings is 1. The first kappa shape index (κ1) is 17.4. The fourth-order valence-corrected chi connectivity index (χ4v) is 4.33. The quantitative estimate of drug-likeness (QED) is 0.671. The van der Waals surface area contributed by atoms with Gasteiger partial charge in [-0.3, -0.25) is 4.90 Å². The topological polar surface area (TPSA) is 50.3 Å². The smallest absolute Gasteiger partial charge is 0.139 e. The summed E-state index contributed by atoms with van der Waals surface area (Å²) in [4.78, 5) is 12.8. The molecule has 6 heteroatoms. The zero-order valence-corrected chi connectivity index (χ0v) is 15.9. The molecule has 0 amide bonds. The van der Waals surface area contributed by atoms with E-state index >= 15 is 0 Å². The van der Waals surface area contributed by atoms with Crippen LogP contribution in [-0.2, 0) is 4.74 Å². The maximum Gasteiger partial charge on any atom is 0.139 e. The van der Waals surface area contributed by atoms with Gasteiger partial charge in [0.15, 0.2) is 0 Å². The highest BCUT2D eigenvalue weighted by Gasteiger charge is 2.14. The Morgan fingerprint density at radius 2 is 1.96 bits per heavy atom. The van der Waals surface area contributed by atoms with Crippen LogP contribution in [0.3, 0.4) is 0 Å². The molecule has 1 fully saturated rings. The summed E-state index contributed by atoms with van der Waals surface area (Å²) < 4.78 is 5.41. The number of benzene rings is 1. The number of nitrogens with one attached hydrogen (secondary N) is 1. The van der Waals surface area contributed by atoms with Crippen molar-refractivity contribution in [3.8, 4) is 11.1 Å². The fraction of sp³-hybridized carbons (Fsp3) is 0.400. The molecule has 0 atom stereocenters. The predicted octanol–water partition coefficient (Wildman–Crippen LogP) is 3.80. The summed E-state index contributed by atoms with van der Waals surface area (Å²) in [7, 11) is 0. The molecule has 26 heavy (non-hydrogen) atoms. The first-order valence-corrected chi connectivity index (χ1v) is 10.0. The number of aromatic nitrogens is 2. The highest BCUT2D eigenvalue weighted by atomic mass is 32.1. The van der Waals surface area contributed by atoms with Gasteiger partial charge < -0.3 is 10.1 Å². The predicted molar refractivity (Wildman–Crippen MR) is 108 cm³/mol. The third-order valence-corrected chi connectivity index (χ3v) is 5.55. The average Bonchev–Trinajstić information content (AvgIpc) is 3.10. The minimum Gasteiger partial charge on any atom is -0.379 e. The summed E-state index contributed by atoms with van der Waals surface area (Å²) in [5, 5.41) is 6.89. The molecule has 0 aliphatic carbocycles. The molecule has 0 spiro atoms.